The maximum atomic E-state index is 6.58. The van der Waals surface area contributed by atoms with Gasteiger partial charge in [-0.15, -0.1) is 0 Å². The first-order valence-electron chi connectivity index (χ1n) is 18.5. The zero-order chi connectivity index (χ0) is 37.0. The van der Waals surface area contributed by atoms with E-state index in [-0.39, 0.29) is 0 Å². The number of nitrogens with zero attached hydrogens (tertiary/aromatic N) is 4. The standard InChI is InChI=1S/C50H30N4O2/c1-2-10-31(11-3-1)44-29-45(54-50(53-44)33-22-20-32(21-23-33)43-24-25-51-30-52-43)36-27-34(37-14-8-16-41-39-12-4-6-18-46(39)55-48(37)41)26-35(28-36)38-15-9-17-42-40-13-5-7-19-47(40)56-49(38)42/h1-30H. The Morgan fingerprint density at radius 2 is 0.875 bits per heavy atom. The quantitative estimate of drug-likeness (QED) is 0.170. The van der Waals surface area contributed by atoms with E-state index in [1.54, 1.807) is 12.5 Å². The van der Waals surface area contributed by atoms with Gasteiger partial charge in [-0.1, -0.05) is 127 Å². The molecule has 0 spiro atoms. The molecule has 262 valence electrons. The first kappa shape index (κ1) is 31.8. The predicted octanol–water partition coefficient (Wildman–Crippen LogP) is 13.1. The Bertz CT molecular complexity index is 3110. The van der Waals surface area contributed by atoms with Crippen LogP contribution in [0.15, 0.2) is 191 Å². The van der Waals surface area contributed by atoms with Crippen LogP contribution in [0.5, 0.6) is 0 Å². The lowest BCUT2D eigenvalue weighted by molar-refractivity contribution is 0.670. The molecule has 6 heteroatoms. The van der Waals surface area contributed by atoms with Crippen molar-refractivity contribution in [2.75, 3.05) is 0 Å². The Kier molecular flexibility index (Phi) is 7.38. The number of hydrogen-bond acceptors (Lipinski definition) is 6. The van der Waals surface area contributed by atoms with E-state index < -0.39 is 0 Å². The minimum atomic E-state index is 0.626. The van der Waals surface area contributed by atoms with Crippen LogP contribution in [0, 0.1) is 0 Å². The summed E-state index contributed by atoms with van der Waals surface area (Å²) in [5, 5.41) is 4.33. The van der Waals surface area contributed by atoms with Gasteiger partial charge in [-0.2, -0.15) is 0 Å². The fraction of sp³-hybridized carbons (Fsp3) is 0. The van der Waals surface area contributed by atoms with Crippen molar-refractivity contribution >= 4 is 43.9 Å². The third kappa shape index (κ3) is 5.43. The van der Waals surface area contributed by atoms with Crippen molar-refractivity contribution < 1.29 is 8.83 Å². The summed E-state index contributed by atoms with van der Waals surface area (Å²) >= 11 is 0. The minimum absolute atomic E-state index is 0.626. The van der Waals surface area contributed by atoms with Gasteiger partial charge in [-0.25, -0.2) is 19.9 Å². The molecule has 11 aromatic rings. The molecule has 0 saturated heterocycles. The van der Waals surface area contributed by atoms with Crippen LogP contribution in [0.2, 0.25) is 0 Å². The van der Waals surface area contributed by atoms with Crippen molar-refractivity contribution in [1.82, 2.24) is 19.9 Å². The molecule has 0 saturated carbocycles. The van der Waals surface area contributed by atoms with Crippen LogP contribution in [0.1, 0.15) is 0 Å². The normalized spacial score (nSPS) is 11.6. The van der Waals surface area contributed by atoms with Crippen LogP contribution in [0.3, 0.4) is 0 Å². The number of para-hydroxylation sites is 4. The average molecular weight is 719 g/mol. The largest absolute Gasteiger partial charge is 0.455 e. The van der Waals surface area contributed by atoms with E-state index in [9.17, 15) is 0 Å². The Morgan fingerprint density at radius 3 is 1.48 bits per heavy atom. The van der Waals surface area contributed by atoms with Crippen molar-refractivity contribution in [2.45, 2.75) is 0 Å². The molecule has 4 aromatic heterocycles. The predicted molar refractivity (Wildman–Crippen MR) is 225 cm³/mol. The molecule has 0 aliphatic rings. The molecule has 0 N–H and O–H groups in total. The van der Waals surface area contributed by atoms with Crippen LogP contribution in [0.4, 0.5) is 0 Å². The molecule has 0 fully saturated rings. The van der Waals surface area contributed by atoms with Gasteiger partial charge in [0.25, 0.3) is 0 Å². The Morgan fingerprint density at radius 1 is 0.357 bits per heavy atom. The molecule has 6 nitrogen and oxygen atoms in total. The SMILES string of the molecule is c1ccc(-c2cc(-c3cc(-c4cccc5c4oc4ccccc45)cc(-c4cccc5c4oc4ccccc45)c3)nc(-c3ccc(-c4ccncn4)cc3)n2)cc1. The van der Waals surface area contributed by atoms with Gasteiger partial charge in [0.15, 0.2) is 5.82 Å². The van der Waals surface area contributed by atoms with Gasteiger partial charge >= 0.3 is 0 Å². The Balaban J connectivity index is 1.15. The molecule has 0 radical (unpaired) electrons. The van der Waals surface area contributed by atoms with Crippen molar-refractivity contribution in [3.8, 4) is 67.4 Å². The molecule has 11 rings (SSSR count). The van der Waals surface area contributed by atoms with Gasteiger partial charge < -0.3 is 8.83 Å². The zero-order valence-electron chi connectivity index (χ0n) is 29.9. The van der Waals surface area contributed by atoms with Crippen molar-refractivity contribution in [3.05, 3.63) is 182 Å². The van der Waals surface area contributed by atoms with Crippen LogP contribution in [0.25, 0.3) is 111 Å². The smallest absolute Gasteiger partial charge is 0.160 e. The molecule has 0 aliphatic heterocycles. The summed E-state index contributed by atoms with van der Waals surface area (Å²) in [6, 6.07) is 58.3. The molecule has 0 unspecified atom stereocenters. The summed E-state index contributed by atoms with van der Waals surface area (Å²) < 4.78 is 13.2. The summed E-state index contributed by atoms with van der Waals surface area (Å²) in [5.74, 6) is 0.626. The topological polar surface area (TPSA) is 77.8 Å². The fourth-order valence-electron chi connectivity index (χ4n) is 7.77. The van der Waals surface area contributed by atoms with Gasteiger partial charge in [0.05, 0.1) is 17.1 Å². The van der Waals surface area contributed by atoms with Crippen LogP contribution >= 0.6 is 0 Å². The number of aromatic nitrogens is 4. The highest BCUT2D eigenvalue weighted by molar-refractivity contribution is 6.11. The second kappa shape index (κ2) is 13.0. The second-order valence-corrected chi connectivity index (χ2v) is 13.9. The lowest BCUT2D eigenvalue weighted by atomic mass is 9.93. The van der Waals surface area contributed by atoms with Crippen molar-refractivity contribution in [1.29, 1.82) is 0 Å². The number of fused-ring (bicyclic) bond motifs is 6. The molecule has 4 heterocycles. The van der Waals surface area contributed by atoms with Gasteiger partial charge in [0.2, 0.25) is 0 Å². The van der Waals surface area contributed by atoms with Gasteiger partial charge in [0.1, 0.15) is 28.7 Å². The molecule has 0 bridgehead atoms. The van der Waals surface area contributed by atoms with E-state index >= 15 is 0 Å². The average Bonchev–Trinajstić information content (AvgIpc) is 3.86. The molecule has 0 atom stereocenters. The summed E-state index contributed by atoms with van der Waals surface area (Å²) in [4.78, 5) is 18.9. The van der Waals surface area contributed by atoms with Gasteiger partial charge in [0, 0.05) is 61.1 Å². The van der Waals surface area contributed by atoms with Crippen molar-refractivity contribution in [3.63, 3.8) is 0 Å². The van der Waals surface area contributed by atoms with E-state index in [2.05, 4.69) is 131 Å². The maximum absolute atomic E-state index is 6.58. The third-order valence-electron chi connectivity index (χ3n) is 10.5. The molecule has 0 amide bonds. The van der Waals surface area contributed by atoms with E-state index in [0.29, 0.717) is 5.82 Å². The Labute approximate surface area is 321 Å². The zero-order valence-corrected chi connectivity index (χ0v) is 29.9. The summed E-state index contributed by atoms with van der Waals surface area (Å²) in [6.45, 7) is 0. The highest BCUT2D eigenvalue weighted by Gasteiger charge is 2.19. The van der Waals surface area contributed by atoms with Gasteiger partial charge in [-0.3, -0.25) is 0 Å². The number of rotatable bonds is 6. The van der Waals surface area contributed by atoms with E-state index in [0.717, 1.165) is 105 Å². The Hall–Kier alpha value is -7.70. The van der Waals surface area contributed by atoms with E-state index in [4.69, 9.17) is 18.8 Å². The van der Waals surface area contributed by atoms with Crippen molar-refractivity contribution in [2.24, 2.45) is 0 Å². The lowest BCUT2D eigenvalue weighted by Gasteiger charge is -2.14. The lowest BCUT2D eigenvalue weighted by Crippen LogP contribution is -1.97. The first-order chi connectivity index (χ1) is 27.7. The van der Waals surface area contributed by atoms with Gasteiger partial charge in [-0.05, 0) is 53.6 Å². The number of benzene rings is 7. The second-order valence-electron chi connectivity index (χ2n) is 13.9. The maximum Gasteiger partial charge on any atom is 0.160 e. The van der Waals surface area contributed by atoms with Crippen LogP contribution in [-0.2, 0) is 0 Å². The number of furan rings is 2. The monoisotopic (exact) mass is 718 g/mol. The third-order valence-corrected chi connectivity index (χ3v) is 10.5. The highest BCUT2D eigenvalue weighted by Crippen LogP contribution is 2.42. The summed E-state index contributed by atoms with van der Waals surface area (Å²) in [6.07, 6.45) is 3.31. The van der Waals surface area contributed by atoms with E-state index in [1.165, 1.54) is 0 Å². The highest BCUT2D eigenvalue weighted by atomic mass is 16.3. The summed E-state index contributed by atoms with van der Waals surface area (Å²) in [5.41, 5.74) is 13.7. The molecule has 0 aliphatic carbocycles. The summed E-state index contributed by atoms with van der Waals surface area (Å²) in [7, 11) is 0. The first-order valence-corrected chi connectivity index (χ1v) is 18.5. The van der Waals surface area contributed by atoms with E-state index in [1.807, 2.05) is 48.5 Å². The van der Waals surface area contributed by atoms with Crippen LogP contribution < -0.4 is 0 Å². The minimum Gasteiger partial charge on any atom is -0.455 e. The molecule has 56 heavy (non-hydrogen) atoms. The molecular weight excluding hydrogens is 689 g/mol. The van der Waals surface area contributed by atoms with Crippen LogP contribution in [-0.4, -0.2) is 19.9 Å². The molecular formula is C50H30N4O2. The fourth-order valence-corrected chi connectivity index (χ4v) is 7.77. The number of hydrogen-bond donors (Lipinski definition) is 0. The molecule has 7 aromatic carbocycles.